The molecule has 1 N–H and O–H groups in total. The molecule has 0 saturated carbocycles. The lowest BCUT2D eigenvalue weighted by Crippen LogP contribution is -2.50. The van der Waals surface area contributed by atoms with Gasteiger partial charge in [0, 0.05) is 32.2 Å². The normalized spacial score (nSPS) is 15.7. The summed E-state index contributed by atoms with van der Waals surface area (Å²) in [4.78, 5) is 24.7. The molecule has 0 atom stereocenters. The largest absolute Gasteiger partial charge is 0.319 e. The Morgan fingerprint density at radius 1 is 1.17 bits per heavy atom. The first-order chi connectivity index (χ1) is 14.2. The molecule has 1 aliphatic rings. The number of hydrogen-bond acceptors (Lipinski definition) is 6. The number of carbonyl (C=O) groups is 1. The van der Waals surface area contributed by atoms with Gasteiger partial charge in [-0.25, -0.2) is 12.8 Å². The highest BCUT2D eigenvalue weighted by molar-refractivity contribution is 7.89. The van der Waals surface area contributed by atoms with Crippen molar-refractivity contribution in [2.45, 2.75) is 11.8 Å². The molecule has 3 rings (SSSR count). The van der Waals surface area contributed by atoms with Crippen LogP contribution in [0.2, 0.25) is 0 Å². The molecule has 0 bridgehead atoms. The smallest absolute Gasteiger partial charge is 0.293 e. The van der Waals surface area contributed by atoms with Crippen molar-refractivity contribution in [3.63, 3.8) is 0 Å². The Morgan fingerprint density at radius 2 is 1.83 bits per heavy atom. The zero-order valence-electron chi connectivity index (χ0n) is 16.2. The van der Waals surface area contributed by atoms with Crippen molar-refractivity contribution in [1.82, 2.24) is 9.21 Å². The zero-order chi connectivity index (χ0) is 21.9. The highest BCUT2D eigenvalue weighted by Gasteiger charge is 2.29. The van der Waals surface area contributed by atoms with Crippen LogP contribution in [-0.4, -0.2) is 61.2 Å². The summed E-state index contributed by atoms with van der Waals surface area (Å²) in [6, 6.07) is 9.36. The zero-order valence-corrected chi connectivity index (χ0v) is 17.1. The average molecular weight is 436 g/mol. The van der Waals surface area contributed by atoms with Gasteiger partial charge >= 0.3 is 0 Å². The Morgan fingerprint density at radius 3 is 2.47 bits per heavy atom. The molecule has 0 aromatic heterocycles. The van der Waals surface area contributed by atoms with Gasteiger partial charge in [-0.05, 0) is 30.7 Å². The number of hydrogen-bond donors (Lipinski definition) is 1. The number of amides is 1. The molecular formula is C19H21FN4O5S. The Labute approximate surface area is 173 Å². The summed E-state index contributed by atoms with van der Waals surface area (Å²) in [5, 5.41) is 13.8. The van der Waals surface area contributed by atoms with Crippen LogP contribution in [0.3, 0.4) is 0 Å². The number of piperazine rings is 1. The Kier molecular flexibility index (Phi) is 6.44. The molecule has 1 saturated heterocycles. The second kappa shape index (κ2) is 8.86. The second-order valence-electron chi connectivity index (χ2n) is 6.91. The predicted molar refractivity (Wildman–Crippen MR) is 108 cm³/mol. The van der Waals surface area contributed by atoms with E-state index in [4.69, 9.17) is 0 Å². The van der Waals surface area contributed by atoms with Crippen LogP contribution in [0.15, 0.2) is 47.4 Å². The quantitative estimate of drug-likeness (QED) is 0.547. The number of nitrogens with one attached hydrogen (secondary N) is 1. The van der Waals surface area contributed by atoms with Gasteiger partial charge in [0.1, 0.15) is 11.5 Å². The van der Waals surface area contributed by atoms with Gasteiger partial charge < -0.3 is 5.32 Å². The van der Waals surface area contributed by atoms with Gasteiger partial charge in [-0.3, -0.25) is 19.8 Å². The molecule has 160 valence electrons. The van der Waals surface area contributed by atoms with Crippen molar-refractivity contribution in [3.05, 3.63) is 64.0 Å². The summed E-state index contributed by atoms with van der Waals surface area (Å²) in [7, 11) is -3.81. The van der Waals surface area contributed by atoms with Crippen molar-refractivity contribution in [2.24, 2.45) is 0 Å². The Balaban J connectivity index is 1.60. The number of rotatable bonds is 6. The van der Waals surface area contributed by atoms with Crippen LogP contribution < -0.4 is 5.32 Å². The first-order valence-corrected chi connectivity index (χ1v) is 10.6. The van der Waals surface area contributed by atoms with Crippen molar-refractivity contribution in [2.75, 3.05) is 38.0 Å². The molecule has 0 spiro atoms. The summed E-state index contributed by atoms with van der Waals surface area (Å²) >= 11 is 0. The predicted octanol–water partition coefficient (Wildman–Crippen LogP) is 1.99. The van der Waals surface area contributed by atoms with E-state index < -0.39 is 26.7 Å². The van der Waals surface area contributed by atoms with Crippen molar-refractivity contribution in [3.8, 4) is 0 Å². The van der Waals surface area contributed by atoms with E-state index >= 15 is 0 Å². The number of benzene rings is 2. The molecule has 0 aliphatic carbocycles. The van der Waals surface area contributed by atoms with Gasteiger partial charge in [0.2, 0.25) is 15.9 Å². The third kappa shape index (κ3) is 4.81. The molecule has 2 aromatic carbocycles. The average Bonchev–Trinajstić information content (AvgIpc) is 2.69. The van der Waals surface area contributed by atoms with E-state index in [2.05, 4.69) is 5.32 Å². The van der Waals surface area contributed by atoms with E-state index in [9.17, 15) is 27.7 Å². The molecule has 1 heterocycles. The molecule has 11 heteroatoms. The van der Waals surface area contributed by atoms with Crippen LogP contribution in [0.5, 0.6) is 0 Å². The van der Waals surface area contributed by atoms with Crippen LogP contribution in [-0.2, 0) is 14.8 Å². The van der Waals surface area contributed by atoms with E-state index in [-0.39, 0.29) is 35.9 Å². The monoisotopic (exact) mass is 436 g/mol. The molecular weight excluding hydrogens is 415 g/mol. The molecule has 1 amide bonds. The third-order valence-electron chi connectivity index (χ3n) is 4.84. The standard InChI is InChI=1S/C19H21FN4O5S/c1-14-4-2-7-17(24(26)27)19(14)21-18(25)13-22-8-10-23(11-9-22)30(28,29)16-6-3-5-15(20)12-16/h2-7,12H,8-11,13H2,1H3,(H,21,25). The van der Waals surface area contributed by atoms with Crippen molar-refractivity contribution >= 4 is 27.3 Å². The highest BCUT2D eigenvalue weighted by Crippen LogP contribution is 2.27. The molecule has 9 nitrogen and oxygen atoms in total. The lowest BCUT2D eigenvalue weighted by Gasteiger charge is -2.33. The number of halogens is 1. The maximum atomic E-state index is 13.4. The van der Waals surface area contributed by atoms with Gasteiger partial charge in [-0.1, -0.05) is 18.2 Å². The fourth-order valence-corrected chi connectivity index (χ4v) is 4.71. The number of para-hydroxylation sites is 1. The number of aryl methyl sites for hydroxylation is 1. The van der Waals surface area contributed by atoms with Crippen LogP contribution >= 0.6 is 0 Å². The summed E-state index contributed by atoms with van der Waals surface area (Å²) < 4.78 is 39.9. The van der Waals surface area contributed by atoms with Crippen LogP contribution in [0.4, 0.5) is 15.8 Å². The van der Waals surface area contributed by atoms with Gasteiger partial charge in [-0.15, -0.1) is 0 Å². The fourth-order valence-electron chi connectivity index (χ4n) is 3.25. The number of nitrogens with zero attached hydrogens (tertiary/aromatic N) is 3. The lowest BCUT2D eigenvalue weighted by molar-refractivity contribution is -0.384. The van der Waals surface area contributed by atoms with Gasteiger partial charge in [0.25, 0.3) is 5.69 Å². The van der Waals surface area contributed by atoms with Gasteiger partial charge in [0.15, 0.2) is 0 Å². The number of anilines is 1. The molecule has 1 fully saturated rings. The number of nitro benzene ring substituents is 1. The van der Waals surface area contributed by atoms with Crippen LogP contribution in [0.25, 0.3) is 0 Å². The van der Waals surface area contributed by atoms with E-state index in [1.165, 1.54) is 28.6 Å². The summed E-state index contributed by atoms with van der Waals surface area (Å²) in [5.41, 5.74) is 0.540. The maximum Gasteiger partial charge on any atom is 0.293 e. The Bertz CT molecular complexity index is 1070. The third-order valence-corrected chi connectivity index (χ3v) is 6.74. The fraction of sp³-hybridized carbons (Fsp3) is 0.316. The van der Waals surface area contributed by atoms with Crippen molar-refractivity contribution < 1.29 is 22.5 Å². The summed E-state index contributed by atoms with van der Waals surface area (Å²) in [5.74, 6) is -1.05. The highest BCUT2D eigenvalue weighted by atomic mass is 32.2. The molecule has 2 aromatic rings. The Hall–Kier alpha value is -2.89. The number of sulfonamides is 1. The lowest BCUT2D eigenvalue weighted by atomic mass is 10.1. The summed E-state index contributed by atoms with van der Waals surface area (Å²) in [6.45, 7) is 2.54. The minimum absolute atomic E-state index is 0.0284. The topological polar surface area (TPSA) is 113 Å². The minimum atomic E-state index is -3.81. The number of nitro groups is 1. The summed E-state index contributed by atoms with van der Waals surface area (Å²) in [6.07, 6.45) is 0. The van der Waals surface area contributed by atoms with E-state index in [1.54, 1.807) is 24.0 Å². The first kappa shape index (κ1) is 21.8. The van der Waals surface area contributed by atoms with E-state index in [0.29, 0.717) is 18.7 Å². The van der Waals surface area contributed by atoms with Gasteiger partial charge in [0.05, 0.1) is 16.4 Å². The first-order valence-electron chi connectivity index (χ1n) is 9.20. The molecule has 30 heavy (non-hydrogen) atoms. The molecule has 0 radical (unpaired) electrons. The van der Waals surface area contributed by atoms with Gasteiger partial charge in [-0.2, -0.15) is 4.31 Å². The van der Waals surface area contributed by atoms with Crippen LogP contribution in [0, 0.1) is 22.9 Å². The SMILES string of the molecule is Cc1cccc([N+](=O)[O-])c1NC(=O)CN1CCN(S(=O)(=O)c2cccc(F)c2)CC1. The van der Waals surface area contributed by atoms with E-state index in [1.807, 2.05) is 0 Å². The van der Waals surface area contributed by atoms with Crippen molar-refractivity contribution in [1.29, 1.82) is 0 Å². The molecule has 0 unspecified atom stereocenters. The van der Waals surface area contributed by atoms with Crippen LogP contribution in [0.1, 0.15) is 5.56 Å². The molecule has 1 aliphatic heterocycles. The minimum Gasteiger partial charge on any atom is -0.319 e. The second-order valence-corrected chi connectivity index (χ2v) is 8.85. The number of carbonyl (C=O) groups excluding carboxylic acids is 1. The maximum absolute atomic E-state index is 13.4. The van der Waals surface area contributed by atoms with E-state index in [0.717, 1.165) is 6.07 Å².